The van der Waals surface area contributed by atoms with E-state index in [0.717, 1.165) is 13.1 Å². The molecule has 1 rings (SSSR count). The van der Waals surface area contributed by atoms with Crippen LogP contribution in [-0.4, -0.2) is 16.3 Å². The third-order valence-corrected chi connectivity index (χ3v) is 3.75. The smallest absolute Gasteiger partial charge is 0.0644 e. The fourth-order valence-electron chi connectivity index (χ4n) is 2.40. The van der Waals surface area contributed by atoms with E-state index >= 15 is 0 Å². The first-order valence-electron chi connectivity index (χ1n) is 7.28. The number of hydrogen-bond donors (Lipinski definition) is 1. The molecule has 0 radical (unpaired) electrons. The monoisotopic (exact) mass is 251 g/mol. The summed E-state index contributed by atoms with van der Waals surface area (Å²) in [6.45, 7) is 15.4. The van der Waals surface area contributed by atoms with Crippen molar-refractivity contribution in [2.45, 2.75) is 67.0 Å². The zero-order valence-electron chi connectivity index (χ0n) is 12.9. The van der Waals surface area contributed by atoms with Crippen molar-refractivity contribution in [3.63, 3.8) is 0 Å². The van der Waals surface area contributed by atoms with Gasteiger partial charge >= 0.3 is 0 Å². The van der Waals surface area contributed by atoms with E-state index in [1.54, 1.807) is 0 Å². The summed E-state index contributed by atoms with van der Waals surface area (Å²) in [7, 11) is 0. The highest BCUT2D eigenvalue weighted by atomic mass is 15.3. The van der Waals surface area contributed by atoms with Crippen LogP contribution in [0.2, 0.25) is 0 Å². The third-order valence-electron chi connectivity index (χ3n) is 3.75. The van der Waals surface area contributed by atoms with Gasteiger partial charge in [0.2, 0.25) is 0 Å². The second-order valence-corrected chi connectivity index (χ2v) is 5.46. The van der Waals surface area contributed by atoms with Crippen molar-refractivity contribution in [3.05, 3.63) is 17.0 Å². The molecule has 0 saturated heterocycles. The summed E-state index contributed by atoms with van der Waals surface area (Å²) in [6, 6.07) is 0.399. The van der Waals surface area contributed by atoms with E-state index in [0.29, 0.717) is 12.0 Å². The van der Waals surface area contributed by atoms with Gasteiger partial charge in [-0.25, -0.2) is 0 Å². The van der Waals surface area contributed by atoms with Gasteiger partial charge in [0.1, 0.15) is 0 Å². The van der Waals surface area contributed by atoms with Gasteiger partial charge in [-0.15, -0.1) is 0 Å². The van der Waals surface area contributed by atoms with Gasteiger partial charge in [-0.2, -0.15) is 5.10 Å². The minimum absolute atomic E-state index is 0.399. The number of nitrogens with one attached hydrogen (secondary N) is 1. The highest BCUT2D eigenvalue weighted by Gasteiger charge is 2.17. The average molecular weight is 251 g/mol. The molecular weight excluding hydrogens is 222 g/mol. The SMILES string of the molecule is CCCNC(C)c1c(C)nn(CC(C)CC)c1C. The quantitative estimate of drug-likeness (QED) is 0.802. The van der Waals surface area contributed by atoms with Gasteiger partial charge in [-0.3, -0.25) is 4.68 Å². The van der Waals surface area contributed by atoms with Gasteiger partial charge < -0.3 is 5.32 Å². The van der Waals surface area contributed by atoms with Crippen LogP contribution in [0.4, 0.5) is 0 Å². The maximum absolute atomic E-state index is 4.70. The van der Waals surface area contributed by atoms with Crippen LogP contribution in [0.15, 0.2) is 0 Å². The molecule has 0 aliphatic carbocycles. The maximum Gasteiger partial charge on any atom is 0.0644 e. The Morgan fingerprint density at radius 3 is 2.44 bits per heavy atom. The molecule has 3 nitrogen and oxygen atoms in total. The zero-order valence-corrected chi connectivity index (χ0v) is 12.9. The van der Waals surface area contributed by atoms with Crippen LogP contribution in [0.1, 0.15) is 63.5 Å². The second-order valence-electron chi connectivity index (χ2n) is 5.46. The molecule has 1 heterocycles. The molecule has 0 aliphatic rings. The molecular formula is C15H29N3. The lowest BCUT2D eigenvalue weighted by Gasteiger charge is -2.15. The number of aromatic nitrogens is 2. The van der Waals surface area contributed by atoms with Gasteiger partial charge in [0.15, 0.2) is 0 Å². The van der Waals surface area contributed by atoms with Crippen LogP contribution in [0.25, 0.3) is 0 Å². The van der Waals surface area contributed by atoms with Crippen LogP contribution in [0, 0.1) is 19.8 Å². The topological polar surface area (TPSA) is 29.9 Å². The van der Waals surface area contributed by atoms with E-state index in [2.05, 4.69) is 51.5 Å². The average Bonchev–Trinajstić information content (AvgIpc) is 2.61. The van der Waals surface area contributed by atoms with Crippen LogP contribution in [0.5, 0.6) is 0 Å². The minimum atomic E-state index is 0.399. The lowest BCUT2D eigenvalue weighted by Crippen LogP contribution is -2.20. The fourth-order valence-corrected chi connectivity index (χ4v) is 2.40. The van der Waals surface area contributed by atoms with Gasteiger partial charge in [0, 0.05) is 23.8 Å². The number of hydrogen-bond acceptors (Lipinski definition) is 2. The van der Waals surface area contributed by atoms with Crippen LogP contribution in [-0.2, 0) is 6.54 Å². The Kier molecular flexibility index (Phi) is 5.86. The molecule has 0 aromatic carbocycles. The predicted octanol–water partition coefficient (Wildman–Crippen LogP) is 3.61. The molecule has 0 aliphatic heterocycles. The lowest BCUT2D eigenvalue weighted by atomic mass is 10.1. The molecule has 0 amide bonds. The van der Waals surface area contributed by atoms with Crippen molar-refractivity contribution in [3.8, 4) is 0 Å². The highest BCUT2D eigenvalue weighted by Crippen LogP contribution is 2.22. The number of nitrogens with zero attached hydrogens (tertiary/aromatic N) is 2. The van der Waals surface area contributed by atoms with Gasteiger partial charge in [-0.1, -0.05) is 27.2 Å². The lowest BCUT2D eigenvalue weighted by molar-refractivity contribution is 0.430. The number of rotatable bonds is 7. The van der Waals surface area contributed by atoms with E-state index in [4.69, 9.17) is 5.10 Å². The summed E-state index contributed by atoms with van der Waals surface area (Å²) in [5.74, 6) is 0.690. The summed E-state index contributed by atoms with van der Waals surface area (Å²) in [4.78, 5) is 0. The molecule has 1 aromatic rings. The molecule has 1 N–H and O–H groups in total. The van der Waals surface area contributed by atoms with Crippen LogP contribution >= 0.6 is 0 Å². The standard InChI is InChI=1S/C15H29N3/c1-7-9-16-12(4)15-13(5)17-18(14(15)6)10-11(3)8-2/h11-12,16H,7-10H2,1-6H3. The van der Waals surface area contributed by atoms with Crippen molar-refractivity contribution in [1.82, 2.24) is 15.1 Å². The van der Waals surface area contributed by atoms with E-state index in [1.165, 1.54) is 29.8 Å². The molecule has 2 atom stereocenters. The molecule has 0 bridgehead atoms. The zero-order chi connectivity index (χ0) is 13.7. The molecule has 18 heavy (non-hydrogen) atoms. The third kappa shape index (κ3) is 3.58. The summed E-state index contributed by atoms with van der Waals surface area (Å²) in [5.41, 5.74) is 3.88. The summed E-state index contributed by atoms with van der Waals surface area (Å²) >= 11 is 0. The molecule has 104 valence electrons. The Labute approximate surface area is 112 Å². The molecule has 0 fully saturated rings. The number of aryl methyl sites for hydroxylation is 1. The molecule has 1 aromatic heterocycles. The Hall–Kier alpha value is -0.830. The summed E-state index contributed by atoms with van der Waals surface area (Å²) in [5, 5.41) is 8.26. The van der Waals surface area contributed by atoms with Gasteiger partial charge in [-0.05, 0) is 39.7 Å². The maximum atomic E-state index is 4.70. The Morgan fingerprint density at radius 1 is 1.22 bits per heavy atom. The summed E-state index contributed by atoms with van der Waals surface area (Å²) in [6.07, 6.45) is 2.38. The molecule has 0 saturated carbocycles. The Balaban J connectivity index is 2.86. The second kappa shape index (κ2) is 6.93. The minimum Gasteiger partial charge on any atom is -0.310 e. The summed E-state index contributed by atoms with van der Waals surface area (Å²) < 4.78 is 2.18. The molecule has 2 unspecified atom stereocenters. The van der Waals surface area contributed by atoms with Crippen molar-refractivity contribution in [2.75, 3.05) is 6.54 Å². The normalized spacial score (nSPS) is 14.8. The molecule has 0 spiro atoms. The first kappa shape index (κ1) is 15.2. The van der Waals surface area contributed by atoms with Gasteiger partial charge in [0.05, 0.1) is 5.69 Å². The van der Waals surface area contributed by atoms with E-state index in [9.17, 15) is 0 Å². The Bertz CT molecular complexity index is 368. The molecule has 3 heteroatoms. The van der Waals surface area contributed by atoms with Crippen molar-refractivity contribution >= 4 is 0 Å². The van der Waals surface area contributed by atoms with Gasteiger partial charge in [0.25, 0.3) is 0 Å². The van der Waals surface area contributed by atoms with Crippen molar-refractivity contribution in [2.24, 2.45) is 5.92 Å². The van der Waals surface area contributed by atoms with E-state index < -0.39 is 0 Å². The predicted molar refractivity (Wildman–Crippen MR) is 77.9 cm³/mol. The first-order valence-corrected chi connectivity index (χ1v) is 7.28. The Morgan fingerprint density at radius 2 is 1.89 bits per heavy atom. The van der Waals surface area contributed by atoms with Crippen molar-refractivity contribution in [1.29, 1.82) is 0 Å². The van der Waals surface area contributed by atoms with E-state index in [1.807, 2.05) is 0 Å². The van der Waals surface area contributed by atoms with Crippen LogP contribution in [0.3, 0.4) is 0 Å². The largest absolute Gasteiger partial charge is 0.310 e. The highest BCUT2D eigenvalue weighted by molar-refractivity contribution is 5.27. The fraction of sp³-hybridized carbons (Fsp3) is 0.800. The van der Waals surface area contributed by atoms with Crippen molar-refractivity contribution < 1.29 is 0 Å². The van der Waals surface area contributed by atoms with Crippen LogP contribution < -0.4 is 5.32 Å². The first-order chi connectivity index (χ1) is 8.51. The van der Waals surface area contributed by atoms with E-state index in [-0.39, 0.29) is 0 Å².